The van der Waals surface area contributed by atoms with Crippen molar-refractivity contribution in [2.75, 3.05) is 0 Å². The first-order valence-corrected chi connectivity index (χ1v) is 7.88. The normalized spacial score (nSPS) is 37.8. The van der Waals surface area contributed by atoms with Gasteiger partial charge >= 0.3 is 0 Å². The van der Waals surface area contributed by atoms with E-state index >= 15 is 0 Å². The van der Waals surface area contributed by atoms with Gasteiger partial charge in [-0.3, -0.25) is 9.78 Å². The minimum atomic E-state index is -0.774. The number of carbonyl (C=O) groups excluding carboxylic acids is 1. The molecule has 1 saturated carbocycles. The SMILES string of the molecule is O=C1N2[C@@H](CC[C@H]2c2cncc(F)c2)OC12CCC(O)CC2. The molecule has 1 aliphatic carbocycles. The van der Waals surface area contributed by atoms with Gasteiger partial charge in [0.15, 0.2) is 0 Å². The van der Waals surface area contributed by atoms with Gasteiger partial charge in [-0.2, -0.15) is 0 Å². The molecule has 6 heteroatoms. The Labute approximate surface area is 128 Å². The molecule has 118 valence electrons. The second-order valence-electron chi connectivity index (χ2n) is 6.54. The lowest BCUT2D eigenvalue weighted by atomic mass is 9.82. The Bertz CT molecular complexity index is 601. The van der Waals surface area contributed by atoms with E-state index in [-0.39, 0.29) is 30.1 Å². The smallest absolute Gasteiger partial charge is 0.257 e. The third-order valence-corrected chi connectivity index (χ3v) is 5.19. The molecule has 4 rings (SSSR count). The highest BCUT2D eigenvalue weighted by Crippen LogP contribution is 2.48. The number of carbonyl (C=O) groups is 1. The van der Waals surface area contributed by atoms with E-state index in [1.165, 1.54) is 12.3 Å². The van der Waals surface area contributed by atoms with Crippen LogP contribution in [-0.2, 0) is 9.53 Å². The van der Waals surface area contributed by atoms with Crippen molar-refractivity contribution in [2.45, 2.75) is 62.5 Å². The van der Waals surface area contributed by atoms with E-state index in [0.29, 0.717) is 25.7 Å². The fourth-order valence-electron chi connectivity index (χ4n) is 4.05. The van der Waals surface area contributed by atoms with E-state index < -0.39 is 5.60 Å². The molecule has 3 heterocycles. The predicted molar refractivity (Wildman–Crippen MR) is 75.1 cm³/mol. The molecule has 1 aromatic rings. The van der Waals surface area contributed by atoms with Crippen molar-refractivity contribution in [3.8, 4) is 0 Å². The molecule has 0 bridgehead atoms. The molecular weight excluding hydrogens is 287 g/mol. The Balaban J connectivity index is 1.61. The summed E-state index contributed by atoms with van der Waals surface area (Å²) in [4.78, 5) is 18.6. The molecule has 3 fully saturated rings. The number of aromatic nitrogens is 1. The lowest BCUT2D eigenvalue weighted by Crippen LogP contribution is -2.45. The van der Waals surface area contributed by atoms with Gasteiger partial charge in [0.1, 0.15) is 17.6 Å². The minimum absolute atomic E-state index is 0.00355. The summed E-state index contributed by atoms with van der Waals surface area (Å²) in [6.45, 7) is 0. The van der Waals surface area contributed by atoms with Crippen LogP contribution in [-0.4, -0.2) is 38.8 Å². The summed E-state index contributed by atoms with van der Waals surface area (Å²) in [5.74, 6) is -0.389. The molecule has 2 aliphatic heterocycles. The summed E-state index contributed by atoms with van der Waals surface area (Å²) in [5, 5.41) is 9.67. The Morgan fingerprint density at radius 1 is 1.27 bits per heavy atom. The van der Waals surface area contributed by atoms with Crippen LogP contribution in [0.5, 0.6) is 0 Å². The fourth-order valence-corrected chi connectivity index (χ4v) is 4.05. The van der Waals surface area contributed by atoms with E-state index in [9.17, 15) is 14.3 Å². The molecule has 1 amide bonds. The van der Waals surface area contributed by atoms with Crippen LogP contribution in [0.2, 0.25) is 0 Å². The molecule has 0 aromatic carbocycles. The largest absolute Gasteiger partial charge is 0.393 e. The number of hydrogen-bond donors (Lipinski definition) is 1. The Kier molecular flexibility index (Phi) is 3.20. The van der Waals surface area contributed by atoms with E-state index in [2.05, 4.69) is 4.98 Å². The summed E-state index contributed by atoms with van der Waals surface area (Å²) < 4.78 is 19.5. The average Bonchev–Trinajstić information content (AvgIpc) is 3.02. The third-order valence-electron chi connectivity index (χ3n) is 5.19. The zero-order valence-electron chi connectivity index (χ0n) is 12.2. The molecule has 3 aliphatic rings. The summed E-state index contributed by atoms with van der Waals surface area (Å²) >= 11 is 0. The highest BCUT2D eigenvalue weighted by atomic mass is 19.1. The standard InChI is InChI=1S/C16H19FN2O3/c17-11-7-10(8-18-9-11)13-1-2-14-19(13)15(21)16(22-14)5-3-12(20)4-6-16/h7-9,12-14,20H,1-6H2/t12?,13-,14+,16?/m0/s1. The zero-order chi connectivity index (χ0) is 15.3. The van der Waals surface area contributed by atoms with Crippen LogP contribution in [0.1, 0.15) is 50.1 Å². The van der Waals surface area contributed by atoms with Crippen molar-refractivity contribution >= 4 is 5.91 Å². The van der Waals surface area contributed by atoms with Gasteiger partial charge in [0.2, 0.25) is 0 Å². The van der Waals surface area contributed by atoms with Gasteiger partial charge in [-0.1, -0.05) is 0 Å². The molecule has 2 atom stereocenters. The lowest BCUT2D eigenvalue weighted by Gasteiger charge is -2.33. The maximum absolute atomic E-state index is 13.4. The van der Waals surface area contributed by atoms with Crippen molar-refractivity contribution in [3.63, 3.8) is 0 Å². The first-order chi connectivity index (χ1) is 10.6. The van der Waals surface area contributed by atoms with Gasteiger partial charge < -0.3 is 14.7 Å². The Morgan fingerprint density at radius 2 is 2.05 bits per heavy atom. The number of aliphatic hydroxyl groups excluding tert-OH is 1. The molecule has 1 aromatic heterocycles. The van der Waals surface area contributed by atoms with Gasteiger partial charge in [0, 0.05) is 6.20 Å². The number of pyridine rings is 1. The number of amides is 1. The summed E-state index contributed by atoms with van der Waals surface area (Å²) in [6, 6.07) is 1.29. The van der Waals surface area contributed by atoms with Crippen LogP contribution < -0.4 is 0 Å². The lowest BCUT2D eigenvalue weighted by molar-refractivity contribution is -0.143. The number of aliphatic hydroxyl groups is 1. The molecular formula is C16H19FN2O3. The average molecular weight is 306 g/mol. The molecule has 22 heavy (non-hydrogen) atoms. The fraction of sp³-hybridized carbons (Fsp3) is 0.625. The number of ether oxygens (including phenoxy) is 1. The monoisotopic (exact) mass is 306 g/mol. The van der Waals surface area contributed by atoms with Gasteiger partial charge in [-0.15, -0.1) is 0 Å². The molecule has 2 saturated heterocycles. The van der Waals surface area contributed by atoms with E-state index in [1.807, 2.05) is 0 Å². The van der Waals surface area contributed by atoms with Gasteiger partial charge in [-0.05, 0) is 50.2 Å². The highest BCUT2D eigenvalue weighted by molar-refractivity contribution is 5.88. The maximum Gasteiger partial charge on any atom is 0.257 e. The molecule has 1 N–H and O–H groups in total. The van der Waals surface area contributed by atoms with Crippen molar-refractivity contribution in [2.24, 2.45) is 0 Å². The Morgan fingerprint density at radius 3 is 2.77 bits per heavy atom. The van der Waals surface area contributed by atoms with Crippen LogP contribution >= 0.6 is 0 Å². The van der Waals surface area contributed by atoms with Crippen molar-refractivity contribution < 1.29 is 19.0 Å². The summed E-state index contributed by atoms with van der Waals surface area (Å²) in [7, 11) is 0. The number of fused-ring (bicyclic) bond motifs is 1. The van der Waals surface area contributed by atoms with E-state index in [1.54, 1.807) is 11.1 Å². The molecule has 0 unspecified atom stereocenters. The van der Waals surface area contributed by atoms with Crippen molar-refractivity contribution in [3.05, 3.63) is 29.8 Å². The number of halogens is 1. The summed E-state index contributed by atoms with van der Waals surface area (Å²) in [6.07, 6.45) is 6.08. The van der Waals surface area contributed by atoms with Crippen LogP contribution in [0.25, 0.3) is 0 Å². The van der Waals surface area contributed by atoms with Crippen molar-refractivity contribution in [1.82, 2.24) is 9.88 Å². The Hall–Kier alpha value is -1.53. The first-order valence-electron chi connectivity index (χ1n) is 7.88. The quantitative estimate of drug-likeness (QED) is 0.861. The number of rotatable bonds is 1. The van der Waals surface area contributed by atoms with Crippen LogP contribution in [0.15, 0.2) is 18.5 Å². The molecule has 5 nitrogen and oxygen atoms in total. The molecule has 1 spiro atoms. The maximum atomic E-state index is 13.4. The van der Waals surface area contributed by atoms with Gasteiger partial charge in [0.05, 0.1) is 18.3 Å². The van der Waals surface area contributed by atoms with E-state index in [0.717, 1.165) is 18.4 Å². The van der Waals surface area contributed by atoms with Crippen LogP contribution in [0.3, 0.4) is 0 Å². The molecule has 0 radical (unpaired) electrons. The zero-order valence-corrected chi connectivity index (χ0v) is 12.2. The van der Waals surface area contributed by atoms with E-state index in [4.69, 9.17) is 4.74 Å². The summed E-state index contributed by atoms with van der Waals surface area (Å²) in [5.41, 5.74) is -0.0455. The number of nitrogens with zero attached hydrogens (tertiary/aromatic N) is 2. The third kappa shape index (κ3) is 2.05. The van der Waals surface area contributed by atoms with Crippen molar-refractivity contribution in [1.29, 1.82) is 0 Å². The van der Waals surface area contributed by atoms with Crippen LogP contribution in [0, 0.1) is 5.82 Å². The van der Waals surface area contributed by atoms with Gasteiger partial charge in [0.25, 0.3) is 5.91 Å². The van der Waals surface area contributed by atoms with Crippen LogP contribution in [0.4, 0.5) is 4.39 Å². The minimum Gasteiger partial charge on any atom is -0.393 e. The first kappa shape index (κ1) is 14.1. The predicted octanol–water partition coefficient (Wildman–Crippen LogP) is 1.91. The topological polar surface area (TPSA) is 62.7 Å². The second kappa shape index (κ2) is 4.99. The van der Waals surface area contributed by atoms with Gasteiger partial charge in [-0.25, -0.2) is 4.39 Å². The number of hydrogen-bond acceptors (Lipinski definition) is 4. The highest BCUT2D eigenvalue weighted by Gasteiger charge is 2.57. The second-order valence-corrected chi connectivity index (χ2v) is 6.54.